The van der Waals surface area contributed by atoms with Crippen molar-refractivity contribution in [3.63, 3.8) is 0 Å². The van der Waals surface area contributed by atoms with Gasteiger partial charge in [0.2, 0.25) is 0 Å². The summed E-state index contributed by atoms with van der Waals surface area (Å²) in [5, 5.41) is 3.42. The van der Waals surface area contributed by atoms with Gasteiger partial charge >= 0.3 is 5.97 Å². The maximum absolute atomic E-state index is 12.8. The van der Waals surface area contributed by atoms with Crippen LogP contribution < -0.4 is 14.8 Å². The van der Waals surface area contributed by atoms with E-state index in [0.717, 1.165) is 29.7 Å². The van der Waals surface area contributed by atoms with Crippen LogP contribution in [0.2, 0.25) is 0 Å². The molecular formula is C20H23NO5S. The Morgan fingerprint density at radius 1 is 1.11 bits per heavy atom. The van der Waals surface area contributed by atoms with Gasteiger partial charge < -0.3 is 19.5 Å². The van der Waals surface area contributed by atoms with Crippen molar-refractivity contribution in [3.8, 4) is 11.5 Å². The second-order valence-electron chi connectivity index (χ2n) is 6.60. The van der Waals surface area contributed by atoms with Gasteiger partial charge in [-0.1, -0.05) is 6.92 Å². The predicted molar refractivity (Wildman–Crippen MR) is 104 cm³/mol. The molecule has 7 heteroatoms. The molecule has 2 aromatic rings. The summed E-state index contributed by atoms with van der Waals surface area (Å²) in [5.74, 6) is 0.858. The number of anilines is 1. The van der Waals surface area contributed by atoms with Gasteiger partial charge in [-0.15, -0.1) is 11.3 Å². The number of methoxy groups -OCH3 is 3. The highest BCUT2D eigenvalue weighted by Gasteiger charge is 2.29. The molecule has 0 saturated carbocycles. The van der Waals surface area contributed by atoms with E-state index >= 15 is 0 Å². The van der Waals surface area contributed by atoms with E-state index in [4.69, 9.17) is 14.2 Å². The summed E-state index contributed by atoms with van der Waals surface area (Å²) in [7, 11) is 4.41. The van der Waals surface area contributed by atoms with Gasteiger partial charge in [0.15, 0.2) is 0 Å². The summed E-state index contributed by atoms with van der Waals surface area (Å²) in [4.78, 5) is 26.3. The van der Waals surface area contributed by atoms with Crippen LogP contribution in [0.1, 0.15) is 44.5 Å². The summed E-state index contributed by atoms with van der Waals surface area (Å²) >= 11 is 1.46. The zero-order chi connectivity index (χ0) is 19.6. The first-order valence-electron chi connectivity index (χ1n) is 8.74. The predicted octanol–water partition coefficient (Wildman–Crippen LogP) is 3.93. The van der Waals surface area contributed by atoms with Crippen molar-refractivity contribution in [1.82, 2.24) is 0 Å². The summed E-state index contributed by atoms with van der Waals surface area (Å²) in [5.41, 5.74) is 1.87. The summed E-state index contributed by atoms with van der Waals surface area (Å²) < 4.78 is 15.4. The molecule has 1 atom stereocenters. The van der Waals surface area contributed by atoms with Gasteiger partial charge in [-0.2, -0.15) is 0 Å². The van der Waals surface area contributed by atoms with Crippen LogP contribution in [0.4, 0.5) is 5.00 Å². The van der Waals surface area contributed by atoms with Crippen molar-refractivity contribution in [3.05, 3.63) is 39.8 Å². The topological polar surface area (TPSA) is 73.9 Å². The van der Waals surface area contributed by atoms with Crippen LogP contribution in [-0.2, 0) is 17.6 Å². The minimum absolute atomic E-state index is 0.330. The van der Waals surface area contributed by atoms with Crippen molar-refractivity contribution >= 4 is 28.2 Å². The average Bonchev–Trinajstić information content (AvgIpc) is 3.03. The van der Waals surface area contributed by atoms with Crippen LogP contribution in [0.15, 0.2) is 18.2 Å². The Kier molecular flexibility index (Phi) is 5.70. The normalized spacial score (nSPS) is 15.6. The van der Waals surface area contributed by atoms with Gasteiger partial charge in [0, 0.05) is 16.5 Å². The fourth-order valence-corrected chi connectivity index (χ4v) is 4.66. The van der Waals surface area contributed by atoms with E-state index in [1.807, 2.05) is 0 Å². The molecular weight excluding hydrogens is 366 g/mol. The molecule has 144 valence electrons. The molecule has 1 heterocycles. The molecule has 0 fully saturated rings. The first-order valence-corrected chi connectivity index (χ1v) is 9.55. The first-order chi connectivity index (χ1) is 13.0. The molecule has 3 rings (SSSR count). The second-order valence-corrected chi connectivity index (χ2v) is 7.71. The Balaban J connectivity index is 1.95. The van der Waals surface area contributed by atoms with Crippen LogP contribution in [0.3, 0.4) is 0 Å². The van der Waals surface area contributed by atoms with Gasteiger partial charge in [-0.3, -0.25) is 4.79 Å². The zero-order valence-electron chi connectivity index (χ0n) is 15.9. The lowest BCUT2D eigenvalue weighted by atomic mass is 9.88. The van der Waals surface area contributed by atoms with Crippen molar-refractivity contribution in [2.75, 3.05) is 26.6 Å². The van der Waals surface area contributed by atoms with Gasteiger partial charge in [0.05, 0.1) is 26.9 Å². The standard InChI is InChI=1S/C20H23NO5S/c1-11-5-6-15-16(7-11)27-19(17(15)20(23)26-4)21-18(22)12-8-13(24-2)10-14(9-12)25-3/h8-11H,5-7H2,1-4H3,(H,21,22). The minimum Gasteiger partial charge on any atom is -0.497 e. The third kappa shape index (κ3) is 3.93. The Morgan fingerprint density at radius 3 is 2.37 bits per heavy atom. The number of fused-ring (bicyclic) bond motifs is 1. The zero-order valence-corrected chi connectivity index (χ0v) is 16.7. The molecule has 1 aliphatic carbocycles. The van der Waals surface area contributed by atoms with Crippen molar-refractivity contribution in [2.45, 2.75) is 26.2 Å². The summed E-state index contributed by atoms with van der Waals surface area (Å²) in [6.07, 6.45) is 2.75. The van der Waals surface area contributed by atoms with Crippen LogP contribution in [-0.4, -0.2) is 33.2 Å². The number of carbonyl (C=O) groups excluding carboxylic acids is 2. The van der Waals surface area contributed by atoms with Crippen LogP contribution in [0, 0.1) is 5.92 Å². The van der Waals surface area contributed by atoms with E-state index in [0.29, 0.717) is 33.5 Å². The Bertz CT molecular complexity index is 851. The van der Waals surface area contributed by atoms with Crippen molar-refractivity contribution in [1.29, 1.82) is 0 Å². The summed E-state index contributed by atoms with van der Waals surface area (Å²) in [6, 6.07) is 4.96. The number of benzene rings is 1. The maximum Gasteiger partial charge on any atom is 0.341 e. The molecule has 1 aromatic carbocycles. The van der Waals surface area contributed by atoms with E-state index in [9.17, 15) is 9.59 Å². The molecule has 0 spiro atoms. The van der Waals surface area contributed by atoms with Crippen LogP contribution in [0.5, 0.6) is 11.5 Å². The lowest BCUT2D eigenvalue weighted by Gasteiger charge is -2.18. The molecule has 27 heavy (non-hydrogen) atoms. The molecule has 0 saturated heterocycles. The number of nitrogens with one attached hydrogen (secondary N) is 1. The summed E-state index contributed by atoms with van der Waals surface area (Å²) in [6.45, 7) is 2.20. The molecule has 1 amide bonds. The van der Waals surface area contributed by atoms with E-state index in [2.05, 4.69) is 12.2 Å². The number of thiophene rings is 1. The molecule has 0 aliphatic heterocycles. The molecule has 1 aromatic heterocycles. The van der Waals surface area contributed by atoms with Crippen LogP contribution in [0.25, 0.3) is 0 Å². The molecule has 0 bridgehead atoms. The van der Waals surface area contributed by atoms with Gasteiger partial charge in [-0.05, 0) is 42.9 Å². The van der Waals surface area contributed by atoms with E-state index in [-0.39, 0.29) is 5.91 Å². The van der Waals surface area contributed by atoms with E-state index < -0.39 is 5.97 Å². The highest BCUT2D eigenvalue weighted by Crippen LogP contribution is 2.40. The number of ether oxygens (including phenoxy) is 3. The number of esters is 1. The lowest BCUT2D eigenvalue weighted by Crippen LogP contribution is -2.16. The number of rotatable bonds is 5. The Morgan fingerprint density at radius 2 is 1.78 bits per heavy atom. The van der Waals surface area contributed by atoms with Crippen LogP contribution >= 0.6 is 11.3 Å². The SMILES string of the molecule is COC(=O)c1c(NC(=O)c2cc(OC)cc(OC)c2)sc2c1CCC(C)C2. The van der Waals surface area contributed by atoms with Crippen molar-refractivity contribution in [2.24, 2.45) is 5.92 Å². The molecule has 0 radical (unpaired) electrons. The number of carbonyl (C=O) groups is 2. The molecule has 1 aliphatic rings. The highest BCUT2D eigenvalue weighted by molar-refractivity contribution is 7.17. The average molecular weight is 389 g/mol. The van der Waals surface area contributed by atoms with E-state index in [1.165, 1.54) is 32.7 Å². The molecule has 1 N–H and O–H groups in total. The highest BCUT2D eigenvalue weighted by atomic mass is 32.1. The smallest absolute Gasteiger partial charge is 0.341 e. The Hall–Kier alpha value is -2.54. The van der Waals surface area contributed by atoms with Gasteiger partial charge in [-0.25, -0.2) is 4.79 Å². The largest absolute Gasteiger partial charge is 0.497 e. The third-order valence-electron chi connectivity index (χ3n) is 4.74. The van der Waals surface area contributed by atoms with Gasteiger partial charge in [0.25, 0.3) is 5.91 Å². The third-order valence-corrected chi connectivity index (χ3v) is 5.91. The minimum atomic E-state index is -0.416. The quantitative estimate of drug-likeness (QED) is 0.785. The molecule has 1 unspecified atom stereocenters. The van der Waals surface area contributed by atoms with E-state index in [1.54, 1.807) is 18.2 Å². The second kappa shape index (κ2) is 8.00. The van der Waals surface area contributed by atoms with Crippen molar-refractivity contribution < 1.29 is 23.8 Å². The number of hydrogen-bond acceptors (Lipinski definition) is 6. The van der Waals surface area contributed by atoms with Gasteiger partial charge in [0.1, 0.15) is 16.5 Å². The monoisotopic (exact) mass is 389 g/mol. The maximum atomic E-state index is 12.8. The fraction of sp³-hybridized carbons (Fsp3) is 0.400. The first kappa shape index (κ1) is 19.2. The molecule has 6 nitrogen and oxygen atoms in total. The fourth-order valence-electron chi connectivity index (χ4n) is 3.27. The lowest BCUT2D eigenvalue weighted by molar-refractivity contribution is 0.0601. The Labute approximate surface area is 162 Å². The number of hydrogen-bond donors (Lipinski definition) is 1. The number of amides is 1.